The van der Waals surface area contributed by atoms with Crippen LogP contribution in [0.5, 0.6) is 0 Å². The van der Waals surface area contributed by atoms with Crippen molar-refractivity contribution in [1.29, 1.82) is 0 Å². The van der Waals surface area contributed by atoms with Gasteiger partial charge in [0.2, 0.25) is 0 Å². The van der Waals surface area contributed by atoms with Gasteiger partial charge in [-0.3, -0.25) is 4.98 Å². The normalized spacial score (nSPS) is 9.13. The minimum atomic E-state index is -0.931. The maximum atomic E-state index is 4.95. The Morgan fingerprint density at radius 3 is 1.43 bits per heavy atom. The number of rotatable bonds is 9. The number of nitrogens with one attached hydrogen (secondary N) is 4. The summed E-state index contributed by atoms with van der Waals surface area (Å²) < 4.78 is 0. The summed E-state index contributed by atoms with van der Waals surface area (Å²) in [5, 5.41) is 12.8. The molecule has 0 aromatic carbocycles. The Hall–Kier alpha value is 0.193. The van der Waals surface area contributed by atoms with Crippen LogP contribution in [0.4, 0.5) is 0 Å². The second-order valence-electron chi connectivity index (χ2n) is 4.73. The number of pyridine rings is 1. The van der Waals surface area contributed by atoms with E-state index in [-0.39, 0.29) is 0 Å². The second kappa shape index (κ2) is 22.2. The van der Waals surface area contributed by atoms with Crippen molar-refractivity contribution in [3.63, 3.8) is 0 Å². The fourth-order valence-corrected chi connectivity index (χ4v) is 1.53. The molecule has 0 spiro atoms. The van der Waals surface area contributed by atoms with E-state index < -0.39 is 15.1 Å². The van der Waals surface area contributed by atoms with Crippen molar-refractivity contribution in [3.8, 4) is 0 Å². The topological polar surface area (TPSA) is 61.0 Å². The van der Waals surface area contributed by atoms with Crippen LogP contribution in [-0.2, 0) is 15.1 Å². The molecule has 4 N–H and O–H groups in total. The summed E-state index contributed by atoms with van der Waals surface area (Å²) in [5.41, 5.74) is 2.18. The van der Waals surface area contributed by atoms with E-state index in [1.165, 1.54) is 0 Å². The van der Waals surface area contributed by atoms with Crippen molar-refractivity contribution in [1.82, 2.24) is 26.3 Å². The van der Waals surface area contributed by atoms with Crippen molar-refractivity contribution in [3.05, 3.63) is 29.6 Å². The van der Waals surface area contributed by atoms with Gasteiger partial charge in [0, 0.05) is 50.7 Å². The monoisotopic (exact) mass is 415 g/mol. The molecule has 132 valence electrons. The van der Waals surface area contributed by atoms with Crippen LogP contribution in [0.2, 0.25) is 0 Å². The molecule has 0 bridgehead atoms. The number of nitrogens with zero attached hydrogens (tertiary/aromatic N) is 1. The van der Waals surface area contributed by atoms with Crippen molar-refractivity contribution in [2.75, 3.05) is 53.4 Å². The summed E-state index contributed by atoms with van der Waals surface area (Å²) in [5.74, 6) is 0. The standard InChI is InChI=1S/C8H22N4.C7H9N.2ClH.Zn/c1-9-3-5-11-7-8-12-6-4-10-2;1-6-4-3-5-7(2)8-6;;;/h9-12H,3-8H2,1-2H3;3-5H,1-2H3;2*1H;/q;;;;+2/p-2. The summed E-state index contributed by atoms with van der Waals surface area (Å²) in [4.78, 5) is 4.17. The van der Waals surface area contributed by atoms with Crippen molar-refractivity contribution >= 4 is 19.4 Å². The van der Waals surface area contributed by atoms with E-state index in [0.29, 0.717) is 0 Å². The molecule has 1 aromatic rings. The first kappa shape index (κ1) is 25.4. The van der Waals surface area contributed by atoms with Crippen LogP contribution in [0, 0.1) is 13.8 Å². The SMILES string of the molecule is CNCCNCCNCCNC.Cc1cccc(C)n1.[Cl][Zn][Cl]. The van der Waals surface area contributed by atoms with Gasteiger partial charge in [0.25, 0.3) is 0 Å². The molecule has 0 amide bonds. The van der Waals surface area contributed by atoms with Gasteiger partial charge in [-0.25, -0.2) is 0 Å². The van der Waals surface area contributed by atoms with Gasteiger partial charge in [-0.1, -0.05) is 6.07 Å². The molecule has 0 saturated heterocycles. The quantitative estimate of drug-likeness (QED) is 0.364. The third kappa shape index (κ3) is 24.6. The van der Waals surface area contributed by atoms with Crippen molar-refractivity contribution < 1.29 is 15.1 Å². The van der Waals surface area contributed by atoms with Gasteiger partial charge >= 0.3 is 34.5 Å². The van der Waals surface area contributed by atoms with Crippen LogP contribution in [0.25, 0.3) is 0 Å². The summed E-state index contributed by atoms with van der Waals surface area (Å²) in [6, 6.07) is 6.00. The third-order valence-electron chi connectivity index (χ3n) is 2.61. The Labute approximate surface area is 157 Å². The number of hydrogen-bond donors (Lipinski definition) is 4. The van der Waals surface area contributed by atoms with Crippen LogP contribution in [0.1, 0.15) is 11.4 Å². The molecule has 0 aliphatic heterocycles. The number of likely N-dealkylation sites (N-methyl/N-ethyl adjacent to an activating group) is 2. The summed E-state index contributed by atoms with van der Waals surface area (Å²) in [7, 11) is 13.8. The van der Waals surface area contributed by atoms with Gasteiger partial charge in [0.1, 0.15) is 0 Å². The van der Waals surface area contributed by atoms with E-state index in [4.69, 9.17) is 19.4 Å². The molecular weight excluding hydrogens is 386 g/mol. The van der Waals surface area contributed by atoms with Crippen molar-refractivity contribution in [2.45, 2.75) is 13.8 Å². The van der Waals surface area contributed by atoms with Gasteiger partial charge in [-0.2, -0.15) is 0 Å². The van der Waals surface area contributed by atoms with Crippen LogP contribution in [-0.4, -0.2) is 58.3 Å². The van der Waals surface area contributed by atoms with Gasteiger partial charge in [-0.05, 0) is 40.1 Å². The van der Waals surface area contributed by atoms with E-state index in [9.17, 15) is 0 Å². The molecule has 0 fully saturated rings. The Bertz CT molecular complexity index is 318. The molecular formula is C15H31Cl2N5Zn. The predicted molar refractivity (Wildman–Crippen MR) is 99.0 cm³/mol. The molecule has 1 heterocycles. The van der Waals surface area contributed by atoms with Crippen LogP contribution in [0.3, 0.4) is 0 Å². The Balaban J connectivity index is 0. The average molecular weight is 418 g/mol. The molecule has 5 nitrogen and oxygen atoms in total. The number of aryl methyl sites for hydroxylation is 2. The molecule has 23 heavy (non-hydrogen) atoms. The Morgan fingerprint density at radius 1 is 0.826 bits per heavy atom. The molecule has 8 heteroatoms. The van der Waals surface area contributed by atoms with Crippen LogP contribution < -0.4 is 21.3 Å². The zero-order chi connectivity index (χ0) is 17.8. The van der Waals surface area contributed by atoms with Crippen LogP contribution >= 0.6 is 19.4 Å². The Kier molecular flexibility index (Phi) is 24.5. The number of halogens is 2. The fraction of sp³-hybridized carbons (Fsp3) is 0.667. The van der Waals surface area contributed by atoms with Gasteiger partial charge < -0.3 is 21.3 Å². The predicted octanol–water partition coefficient (Wildman–Crippen LogP) is 1.68. The van der Waals surface area contributed by atoms with Gasteiger partial charge in [-0.15, -0.1) is 0 Å². The summed E-state index contributed by atoms with van der Waals surface area (Å²) >= 11 is -0.931. The van der Waals surface area contributed by atoms with Gasteiger partial charge in [0.05, 0.1) is 0 Å². The first-order valence-electron chi connectivity index (χ1n) is 7.85. The maximum absolute atomic E-state index is 4.95. The first-order valence-corrected chi connectivity index (χ1v) is 15.6. The minimum absolute atomic E-state index is 0.931. The van der Waals surface area contributed by atoms with E-state index in [1.807, 2.05) is 46.1 Å². The molecule has 0 saturated carbocycles. The zero-order valence-corrected chi connectivity index (χ0v) is 19.4. The zero-order valence-electron chi connectivity index (χ0n) is 14.9. The summed E-state index contributed by atoms with van der Waals surface area (Å²) in [6.07, 6.45) is 0. The molecule has 0 unspecified atom stereocenters. The third-order valence-corrected chi connectivity index (χ3v) is 2.61. The van der Waals surface area contributed by atoms with Crippen molar-refractivity contribution in [2.24, 2.45) is 0 Å². The molecule has 0 aliphatic rings. The molecule has 0 radical (unpaired) electrons. The Morgan fingerprint density at radius 2 is 1.17 bits per heavy atom. The van der Waals surface area contributed by atoms with Gasteiger partial charge in [0.15, 0.2) is 0 Å². The average Bonchev–Trinajstić information content (AvgIpc) is 2.51. The molecule has 1 rings (SSSR count). The van der Waals surface area contributed by atoms with Crippen LogP contribution in [0.15, 0.2) is 18.2 Å². The molecule has 1 aromatic heterocycles. The molecule has 0 atom stereocenters. The van der Waals surface area contributed by atoms with E-state index in [1.54, 1.807) is 0 Å². The first-order chi connectivity index (χ1) is 11.1. The number of aromatic nitrogens is 1. The summed E-state index contributed by atoms with van der Waals surface area (Å²) in [6.45, 7) is 10.2. The fourth-order valence-electron chi connectivity index (χ4n) is 1.53. The second-order valence-corrected chi connectivity index (χ2v) is 9.35. The van der Waals surface area contributed by atoms with E-state index >= 15 is 0 Å². The molecule has 0 aliphatic carbocycles. The number of hydrogen-bond acceptors (Lipinski definition) is 5. The van der Waals surface area contributed by atoms with E-state index in [2.05, 4.69) is 26.3 Å². The van der Waals surface area contributed by atoms with E-state index in [0.717, 1.165) is 50.7 Å².